The van der Waals surface area contributed by atoms with Crippen molar-refractivity contribution in [2.75, 3.05) is 19.5 Å². The van der Waals surface area contributed by atoms with Gasteiger partial charge in [-0.15, -0.1) is 0 Å². The van der Waals surface area contributed by atoms with Crippen molar-refractivity contribution < 1.29 is 4.74 Å². The summed E-state index contributed by atoms with van der Waals surface area (Å²) in [6.45, 7) is 8.31. The predicted molar refractivity (Wildman–Crippen MR) is 111 cm³/mol. The van der Waals surface area contributed by atoms with Gasteiger partial charge in [0.1, 0.15) is 6.04 Å². The summed E-state index contributed by atoms with van der Waals surface area (Å²) in [6.07, 6.45) is 3.02. The van der Waals surface area contributed by atoms with E-state index in [0.29, 0.717) is 6.04 Å². The molecule has 0 saturated carbocycles. The van der Waals surface area contributed by atoms with Gasteiger partial charge in [0.25, 0.3) is 0 Å². The minimum absolute atomic E-state index is 0.0550. The maximum atomic E-state index is 5.32. The molecule has 5 nitrogen and oxygen atoms in total. The summed E-state index contributed by atoms with van der Waals surface area (Å²) in [7, 11) is 1.76. The number of amidine groups is 1. The first kappa shape index (κ1) is 18.6. The van der Waals surface area contributed by atoms with E-state index in [4.69, 9.17) is 9.73 Å². The number of hydrogen-bond acceptors (Lipinski definition) is 5. The molecule has 0 radical (unpaired) electrons. The Labute approximate surface area is 165 Å². The van der Waals surface area contributed by atoms with Gasteiger partial charge in [0.15, 0.2) is 5.17 Å². The number of rotatable bonds is 6. The molecule has 4 rings (SSSR count). The van der Waals surface area contributed by atoms with Crippen LogP contribution in [0.2, 0.25) is 0 Å². The van der Waals surface area contributed by atoms with Crippen LogP contribution in [0.5, 0.6) is 0 Å². The van der Waals surface area contributed by atoms with Crippen LogP contribution in [0, 0.1) is 13.8 Å². The molecule has 144 valence electrons. The minimum Gasteiger partial charge on any atom is -0.383 e. The second-order valence-electron chi connectivity index (χ2n) is 7.31. The first-order valence-corrected chi connectivity index (χ1v) is 10.7. The highest BCUT2D eigenvalue weighted by atomic mass is 32.2. The summed E-state index contributed by atoms with van der Waals surface area (Å²) in [6, 6.07) is 9.31. The third kappa shape index (κ3) is 3.19. The number of ether oxygens (including phenoxy) is 1. The fourth-order valence-electron chi connectivity index (χ4n) is 4.34. The largest absolute Gasteiger partial charge is 0.383 e. The molecule has 0 amide bonds. The molecule has 1 saturated heterocycles. The molecule has 27 heavy (non-hydrogen) atoms. The van der Waals surface area contributed by atoms with Crippen LogP contribution in [-0.4, -0.2) is 45.1 Å². The summed E-state index contributed by atoms with van der Waals surface area (Å²) in [5.74, 6) is 1.13. The maximum Gasteiger partial charge on any atom is 0.160 e. The number of nitrogens with zero attached hydrogens (tertiary/aromatic N) is 4. The lowest BCUT2D eigenvalue weighted by atomic mass is 9.95. The fourth-order valence-corrected chi connectivity index (χ4v) is 5.68. The smallest absolute Gasteiger partial charge is 0.160 e. The molecule has 2 aromatic rings. The SMILES string of the molecule is CC[C@@H]1CSC2=N[C@H](c3ccccn3)[C@H](c3cc(C)n(CCOC)c3C)N21. The quantitative estimate of drug-likeness (QED) is 0.751. The zero-order valence-electron chi connectivity index (χ0n) is 16.6. The zero-order valence-corrected chi connectivity index (χ0v) is 17.4. The first-order chi connectivity index (χ1) is 13.2. The van der Waals surface area contributed by atoms with Crippen molar-refractivity contribution in [1.82, 2.24) is 14.5 Å². The Kier molecular flexibility index (Phi) is 5.28. The van der Waals surface area contributed by atoms with Crippen LogP contribution in [0.1, 0.15) is 48.1 Å². The molecule has 0 N–H and O–H groups in total. The number of thioether (sulfide) groups is 1. The standard InChI is InChI=1S/C21H28N4OS/c1-5-16-13-27-21-23-19(18-8-6-7-9-22-18)20(25(16)21)17-12-14(2)24(15(17)3)10-11-26-4/h6-9,12,16,19-20H,5,10-11,13H2,1-4H3/t16-,19-,20+/m1/s1. The number of aryl methyl sites for hydroxylation is 1. The Morgan fingerprint density at radius 2 is 2.15 bits per heavy atom. The molecular weight excluding hydrogens is 356 g/mol. The third-order valence-electron chi connectivity index (χ3n) is 5.78. The first-order valence-electron chi connectivity index (χ1n) is 9.71. The highest BCUT2D eigenvalue weighted by Gasteiger charge is 2.46. The van der Waals surface area contributed by atoms with E-state index in [1.54, 1.807) is 7.11 Å². The lowest BCUT2D eigenvalue weighted by molar-refractivity contribution is 0.186. The summed E-state index contributed by atoms with van der Waals surface area (Å²) < 4.78 is 7.69. The van der Waals surface area contributed by atoms with Gasteiger partial charge in [0, 0.05) is 43.0 Å². The number of pyridine rings is 1. The molecule has 0 aliphatic carbocycles. The Morgan fingerprint density at radius 1 is 1.30 bits per heavy atom. The monoisotopic (exact) mass is 384 g/mol. The lowest BCUT2D eigenvalue weighted by Gasteiger charge is -2.32. The molecule has 3 atom stereocenters. The van der Waals surface area contributed by atoms with Crippen LogP contribution in [0.25, 0.3) is 0 Å². The van der Waals surface area contributed by atoms with E-state index < -0.39 is 0 Å². The molecule has 2 aliphatic rings. The Bertz CT molecular complexity index is 832. The van der Waals surface area contributed by atoms with Gasteiger partial charge >= 0.3 is 0 Å². The van der Waals surface area contributed by atoms with E-state index in [-0.39, 0.29) is 12.1 Å². The molecule has 6 heteroatoms. The van der Waals surface area contributed by atoms with E-state index in [9.17, 15) is 0 Å². The second-order valence-corrected chi connectivity index (χ2v) is 8.29. The van der Waals surface area contributed by atoms with Gasteiger partial charge < -0.3 is 14.2 Å². The van der Waals surface area contributed by atoms with Crippen molar-refractivity contribution >= 4 is 16.9 Å². The highest BCUT2D eigenvalue weighted by Crippen LogP contribution is 2.49. The summed E-state index contributed by atoms with van der Waals surface area (Å²) >= 11 is 1.89. The Balaban J connectivity index is 1.78. The normalized spacial score (nSPS) is 24.4. The summed E-state index contributed by atoms with van der Waals surface area (Å²) in [4.78, 5) is 12.3. The van der Waals surface area contributed by atoms with Gasteiger partial charge in [-0.2, -0.15) is 0 Å². The Hall–Kier alpha value is -1.79. The molecular formula is C21H28N4OS. The summed E-state index contributed by atoms with van der Waals surface area (Å²) in [5.41, 5.74) is 5.03. The zero-order chi connectivity index (χ0) is 19.0. The molecule has 0 aromatic carbocycles. The van der Waals surface area contributed by atoms with Crippen LogP contribution in [-0.2, 0) is 11.3 Å². The van der Waals surface area contributed by atoms with E-state index in [0.717, 1.165) is 31.0 Å². The third-order valence-corrected chi connectivity index (χ3v) is 6.91. The van der Waals surface area contributed by atoms with Crippen LogP contribution in [0.3, 0.4) is 0 Å². The summed E-state index contributed by atoms with van der Waals surface area (Å²) in [5, 5.41) is 1.18. The topological polar surface area (TPSA) is 42.6 Å². The van der Waals surface area contributed by atoms with E-state index in [2.05, 4.69) is 53.4 Å². The predicted octanol–water partition coefficient (Wildman–Crippen LogP) is 4.13. The number of aliphatic imine (C=N–C) groups is 1. The molecule has 0 bridgehead atoms. The molecule has 2 aromatic heterocycles. The fraction of sp³-hybridized carbons (Fsp3) is 0.524. The lowest BCUT2D eigenvalue weighted by Crippen LogP contribution is -2.35. The van der Waals surface area contributed by atoms with Crippen LogP contribution < -0.4 is 0 Å². The number of aromatic nitrogens is 2. The molecule has 4 heterocycles. The van der Waals surface area contributed by atoms with Crippen LogP contribution in [0.15, 0.2) is 35.5 Å². The molecule has 0 unspecified atom stereocenters. The van der Waals surface area contributed by atoms with Crippen molar-refractivity contribution in [2.45, 2.75) is 51.9 Å². The average Bonchev–Trinajstić information content (AvgIpc) is 3.33. The van der Waals surface area contributed by atoms with E-state index in [1.165, 1.54) is 22.1 Å². The Morgan fingerprint density at radius 3 is 2.85 bits per heavy atom. The van der Waals surface area contributed by atoms with Crippen molar-refractivity contribution in [2.24, 2.45) is 4.99 Å². The van der Waals surface area contributed by atoms with Crippen LogP contribution in [0.4, 0.5) is 0 Å². The van der Waals surface area contributed by atoms with Gasteiger partial charge in [-0.3, -0.25) is 9.98 Å². The molecule has 2 aliphatic heterocycles. The minimum atomic E-state index is 0.0550. The van der Waals surface area contributed by atoms with Gasteiger partial charge in [0.2, 0.25) is 0 Å². The second kappa shape index (κ2) is 7.68. The van der Waals surface area contributed by atoms with Gasteiger partial charge in [-0.05, 0) is 44.0 Å². The van der Waals surface area contributed by atoms with Crippen molar-refractivity contribution in [3.63, 3.8) is 0 Å². The van der Waals surface area contributed by atoms with Gasteiger partial charge in [-0.25, -0.2) is 0 Å². The number of hydrogen-bond donors (Lipinski definition) is 0. The molecule has 1 fully saturated rings. The number of fused-ring (bicyclic) bond motifs is 1. The van der Waals surface area contributed by atoms with Crippen molar-refractivity contribution in [3.8, 4) is 0 Å². The van der Waals surface area contributed by atoms with Crippen molar-refractivity contribution in [1.29, 1.82) is 0 Å². The van der Waals surface area contributed by atoms with Gasteiger partial charge in [0.05, 0.1) is 18.3 Å². The van der Waals surface area contributed by atoms with Crippen LogP contribution >= 0.6 is 11.8 Å². The van der Waals surface area contributed by atoms with E-state index in [1.807, 2.05) is 24.0 Å². The number of methoxy groups -OCH3 is 1. The average molecular weight is 385 g/mol. The highest BCUT2D eigenvalue weighted by molar-refractivity contribution is 8.14. The van der Waals surface area contributed by atoms with Gasteiger partial charge in [-0.1, -0.05) is 24.8 Å². The van der Waals surface area contributed by atoms with Crippen molar-refractivity contribution in [3.05, 3.63) is 53.1 Å². The van der Waals surface area contributed by atoms with E-state index >= 15 is 0 Å². The molecule has 0 spiro atoms. The maximum absolute atomic E-state index is 5.32.